The molecule has 1 aliphatic rings. The molecular weight excluding hydrogens is 408 g/mol. The first-order chi connectivity index (χ1) is 12.1. The summed E-state index contributed by atoms with van der Waals surface area (Å²) in [5.41, 5.74) is 0.194. The number of ether oxygens (including phenoxy) is 1. The lowest BCUT2D eigenvalue weighted by molar-refractivity contribution is 0.0319. The standard InChI is InChI=1S/C16H15BrN4O3S/c1-2-3-8-20-10-13(24-14(22)11-6-4-5-7-18-11)21(16(20)23)15-19-9-12(17)25-15/h2,4-7,9,13H,1,3,8,10H2. The Hall–Kier alpha value is -2.26. The Balaban J connectivity index is 1.82. The van der Waals surface area contributed by atoms with Crippen LogP contribution in [0.25, 0.3) is 0 Å². The summed E-state index contributed by atoms with van der Waals surface area (Å²) in [6.07, 6.45) is 4.76. The summed E-state index contributed by atoms with van der Waals surface area (Å²) >= 11 is 4.64. The van der Waals surface area contributed by atoms with Crippen LogP contribution in [0.3, 0.4) is 0 Å². The van der Waals surface area contributed by atoms with Gasteiger partial charge in [-0.2, -0.15) is 0 Å². The van der Waals surface area contributed by atoms with Crippen molar-refractivity contribution in [1.29, 1.82) is 0 Å². The molecule has 2 amide bonds. The Kier molecular flexibility index (Phi) is 5.44. The minimum absolute atomic E-state index is 0.194. The Bertz CT molecular complexity index is 783. The average molecular weight is 423 g/mol. The van der Waals surface area contributed by atoms with Crippen LogP contribution in [0, 0.1) is 0 Å². The molecule has 0 radical (unpaired) electrons. The SMILES string of the molecule is C=CCCN1CC(OC(=O)c2ccccn2)N(c2ncc(Br)s2)C1=O. The van der Waals surface area contributed by atoms with Crippen LogP contribution in [0.2, 0.25) is 0 Å². The molecule has 0 aromatic carbocycles. The van der Waals surface area contributed by atoms with Gasteiger partial charge in [-0.25, -0.2) is 24.5 Å². The van der Waals surface area contributed by atoms with E-state index in [4.69, 9.17) is 4.74 Å². The molecule has 0 N–H and O–H groups in total. The van der Waals surface area contributed by atoms with Gasteiger partial charge in [-0.1, -0.05) is 23.5 Å². The molecule has 0 bridgehead atoms. The van der Waals surface area contributed by atoms with E-state index in [2.05, 4.69) is 32.5 Å². The van der Waals surface area contributed by atoms with E-state index in [0.717, 1.165) is 3.79 Å². The van der Waals surface area contributed by atoms with E-state index in [1.165, 1.54) is 22.4 Å². The molecule has 25 heavy (non-hydrogen) atoms. The summed E-state index contributed by atoms with van der Waals surface area (Å²) in [7, 11) is 0. The number of rotatable bonds is 6. The van der Waals surface area contributed by atoms with E-state index in [1.807, 2.05) is 0 Å². The van der Waals surface area contributed by atoms with Gasteiger partial charge in [0.1, 0.15) is 5.69 Å². The number of hydrogen-bond donors (Lipinski definition) is 0. The third kappa shape index (κ3) is 3.88. The number of esters is 1. The number of carbonyl (C=O) groups excluding carboxylic acids is 2. The van der Waals surface area contributed by atoms with E-state index in [0.29, 0.717) is 18.1 Å². The lowest BCUT2D eigenvalue weighted by Gasteiger charge is -2.20. The van der Waals surface area contributed by atoms with Crippen LogP contribution in [-0.2, 0) is 4.74 Å². The fourth-order valence-electron chi connectivity index (χ4n) is 2.38. The maximum Gasteiger partial charge on any atom is 0.358 e. The van der Waals surface area contributed by atoms with Gasteiger partial charge in [-0.3, -0.25) is 0 Å². The number of thiazole rings is 1. The number of anilines is 1. The van der Waals surface area contributed by atoms with E-state index < -0.39 is 12.2 Å². The van der Waals surface area contributed by atoms with Crippen LogP contribution in [0.1, 0.15) is 16.9 Å². The molecule has 0 saturated carbocycles. The van der Waals surface area contributed by atoms with Crippen LogP contribution >= 0.6 is 27.3 Å². The highest BCUT2D eigenvalue weighted by atomic mass is 79.9. The fraction of sp³-hybridized carbons (Fsp3) is 0.250. The van der Waals surface area contributed by atoms with E-state index >= 15 is 0 Å². The highest BCUT2D eigenvalue weighted by Crippen LogP contribution is 2.32. The normalized spacial score (nSPS) is 17.0. The van der Waals surface area contributed by atoms with Crippen molar-refractivity contribution < 1.29 is 14.3 Å². The summed E-state index contributed by atoms with van der Waals surface area (Å²) in [4.78, 5) is 36.3. The molecule has 0 aliphatic carbocycles. The summed E-state index contributed by atoms with van der Waals surface area (Å²) in [5.74, 6) is -0.579. The quantitative estimate of drug-likeness (QED) is 0.527. The second-order valence-corrected chi connectivity index (χ2v) is 7.59. The molecule has 130 valence electrons. The molecule has 1 aliphatic heterocycles. The summed E-state index contributed by atoms with van der Waals surface area (Å²) < 4.78 is 6.33. The van der Waals surface area contributed by atoms with Gasteiger partial charge in [0.15, 0.2) is 5.13 Å². The zero-order valence-corrected chi connectivity index (χ0v) is 15.6. The minimum Gasteiger partial charge on any atom is -0.434 e. The second-order valence-electron chi connectivity index (χ2n) is 5.20. The van der Waals surface area contributed by atoms with Gasteiger partial charge in [0.2, 0.25) is 6.23 Å². The molecule has 2 aromatic heterocycles. The Morgan fingerprint density at radius 2 is 2.32 bits per heavy atom. The molecule has 9 heteroatoms. The first-order valence-corrected chi connectivity index (χ1v) is 9.13. The largest absolute Gasteiger partial charge is 0.434 e. The third-order valence-electron chi connectivity index (χ3n) is 3.53. The summed E-state index contributed by atoms with van der Waals surface area (Å²) in [6.45, 7) is 4.44. The summed E-state index contributed by atoms with van der Waals surface area (Å²) in [5, 5.41) is 0.469. The predicted octanol–water partition coefficient (Wildman–Crippen LogP) is 3.30. The van der Waals surface area contributed by atoms with Gasteiger partial charge in [-0.05, 0) is 34.5 Å². The number of amides is 2. The molecule has 1 atom stereocenters. The topological polar surface area (TPSA) is 75.6 Å². The number of nitrogens with zero attached hydrogens (tertiary/aromatic N) is 4. The van der Waals surface area contributed by atoms with Crippen molar-refractivity contribution in [3.05, 3.63) is 52.7 Å². The van der Waals surface area contributed by atoms with Crippen molar-refractivity contribution in [3.63, 3.8) is 0 Å². The monoisotopic (exact) mass is 422 g/mol. The van der Waals surface area contributed by atoms with Gasteiger partial charge in [0, 0.05) is 12.7 Å². The van der Waals surface area contributed by atoms with Crippen LogP contribution in [0.5, 0.6) is 0 Å². The molecule has 1 fully saturated rings. The number of urea groups is 1. The van der Waals surface area contributed by atoms with Crippen molar-refractivity contribution >= 4 is 44.4 Å². The highest BCUT2D eigenvalue weighted by molar-refractivity contribution is 9.11. The number of carbonyl (C=O) groups is 2. The van der Waals surface area contributed by atoms with Crippen LogP contribution in [0.4, 0.5) is 9.93 Å². The number of pyridine rings is 1. The molecule has 1 unspecified atom stereocenters. The number of hydrogen-bond acceptors (Lipinski definition) is 6. The summed E-state index contributed by atoms with van der Waals surface area (Å²) in [6, 6.07) is 4.74. The van der Waals surface area contributed by atoms with Gasteiger partial charge in [-0.15, -0.1) is 6.58 Å². The Morgan fingerprint density at radius 3 is 2.96 bits per heavy atom. The molecule has 3 heterocycles. The predicted molar refractivity (Wildman–Crippen MR) is 97.5 cm³/mol. The molecular formula is C16H15BrN4O3S. The number of aromatic nitrogens is 2. The van der Waals surface area contributed by atoms with E-state index in [1.54, 1.807) is 35.4 Å². The lowest BCUT2D eigenvalue weighted by atomic mass is 10.3. The third-order valence-corrected chi connectivity index (χ3v) is 5.01. The van der Waals surface area contributed by atoms with Gasteiger partial charge < -0.3 is 9.64 Å². The van der Waals surface area contributed by atoms with Crippen molar-refractivity contribution in [1.82, 2.24) is 14.9 Å². The van der Waals surface area contributed by atoms with E-state index in [9.17, 15) is 9.59 Å². The first-order valence-electron chi connectivity index (χ1n) is 7.52. The fourth-order valence-corrected chi connectivity index (χ4v) is 3.59. The van der Waals surface area contributed by atoms with Crippen LogP contribution in [-0.4, -0.2) is 46.2 Å². The second kappa shape index (κ2) is 7.75. The molecule has 3 rings (SSSR count). The average Bonchev–Trinajstić information content (AvgIpc) is 3.17. The number of halogens is 1. The highest BCUT2D eigenvalue weighted by Gasteiger charge is 2.42. The molecule has 2 aromatic rings. The Labute approximate surface area is 157 Å². The van der Waals surface area contributed by atoms with Crippen molar-refractivity contribution in [2.75, 3.05) is 18.0 Å². The zero-order chi connectivity index (χ0) is 17.8. The molecule has 7 nitrogen and oxygen atoms in total. The lowest BCUT2D eigenvalue weighted by Crippen LogP contribution is -2.37. The van der Waals surface area contributed by atoms with Crippen molar-refractivity contribution in [2.45, 2.75) is 12.6 Å². The van der Waals surface area contributed by atoms with Gasteiger partial charge in [0.25, 0.3) is 0 Å². The Morgan fingerprint density at radius 1 is 1.48 bits per heavy atom. The minimum atomic E-state index is -0.759. The van der Waals surface area contributed by atoms with Crippen LogP contribution in [0.15, 0.2) is 47.0 Å². The maximum atomic E-state index is 12.7. The van der Waals surface area contributed by atoms with E-state index in [-0.39, 0.29) is 18.3 Å². The molecule has 1 saturated heterocycles. The van der Waals surface area contributed by atoms with Crippen molar-refractivity contribution in [3.8, 4) is 0 Å². The van der Waals surface area contributed by atoms with Crippen molar-refractivity contribution in [2.24, 2.45) is 0 Å². The van der Waals surface area contributed by atoms with Gasteiger partial charge in [0.05, 0.1) is 16.5 Å². The first kappa shape index (κ1) is 17.6. The molecule has 0 spiro atoms. The zero-order valence-electron chi connectivity index (χ0n) is 13.2. The van der Waals surface area contributed by atoms with Gasteiger partial charge >= 0.3 is 12.0 Å². The van der Waals surface area contributed by atoms with Crippen LogP contribution < -0.4 is 4.90 Å². The smallest absolute Gasteiger partial charge is 0.358 e. The maximum absolute atomic E-state index is 12.7.